The van der Waals surface area contributed by atoms with Crippen molar-refractivity contribution in [3.8, 4) is 11.5 Å². The Morgan fingerprint density at radius 2 is 1.32 bits per heavy atom. The van der Waals surface area contributed by atoms with E-state index in [0.717, 1.165) is 69.2 Å². The number of aryl methyl sites for hydroxylation is 2. The molecule has 6 rings (SSSR count). The molecule has 1 atom stereocenters. The molecule has 17 nitrogen and oxygen atoms in total. The zero-order chi connectivity index (χ0) is 42.5. The van der Waals surface area contributed by atoms with Crippen LogP contribution in [0.3, 0.4) is 0 Å². The lowest BCUT2D eigenvalue weighted by Gasteiger charge is -2.45. The van der Waals surface area contributed by atoms with Gasteiger partial charge in [0, 0.05) is 50.7 Å². The number of hydrogen-bond acceptors (Lipinski definition) is 11. The Hall–Kier alpha value is -6.20. The third-order valence-electron chi connectivity index (χ3n) is 10.7. The molecule has 0 saturated carbocycles. The number of aromatic nitrogens is 6. The van der Waals surface area contributed by atoms with Gasteiger partial charge in [0.25, 0.3) is 17.7 Å². The van der Waals surface area contributed by atoms with Crippen molar-refractivity contribution >= 4 is 41.0 Å². The number of rotatable bonds is 20. The van der Waals surface area contributed by atoms with E-state index in [1.807, 2.05) is 62.4 Å². The van der Waals surface area contributed by atoms with E-state index in [1.54, 1.807) is 56.8 Å². The average molecular weight is 842 g/mol. The van der Waals surface area contributed by atoms with Crippen molar-refractivity contribution in [1.82, 2.24) is 34.6 Å². The molecule has 0 aliphatic carbocycles. The third kappa shape index (κ3) is 11.5. The fourth-order valence-electron chi connectivity index (χ4n) is 7.73. The van der Waals surface area contributed by atoms with Crippen molar-refractivity contribution in [2.45, 2.75) is 58.4 Å². The molecule has 4 heterocycles. The maximum absolute atomic E-state index is 13.4. The quantitative estimate of drug-likeness (QED) is 0.0964. The molecule has 0 spiro atoms. The molecule has 1 saturated heterocycles. The van der Waals surface area contributed by atoms with Crippen LogP contribution >= 0.6 is 11.6 Å². The maximum Gasteiger partial charge on any atom is 0.279 e. The summed E-state index contributed by atoms with van der Waals surface area (Å²) in [6, 6.07) is 15.7. The number of likely N-dealkylation sites (N-methyl/N-ethyl adjacent to an activating group) is 2. The summed E-state index contributed by atoms with van der Waals surface area (Å²) >= 11 is 6.09. The minimum atomic E-state index is -0.423. The van der Waals surface area contributed by atoms with Gasteiger partial charge in [0.15, 0.2) is 35.7 Å². The normalized spacial score (nSPS) is 14.6. The van der Waals surface area contributed by atoms with Gasteiger partial charge in [-0.1, -0.05) is 35.9 Å². The highest BCUT2D eigenvalue weighted by atomic mass is 35.5. The van der Waals surface area contributed by atoms with Crippen LogP contribution in [0.15, 0.2) is 86.0 Å². The molecule has 60 heavy (non-hydrogen) atoms. The van der Waals surface area contributed by atoms with Gasteiger partial charge in [-0.2, -0.15) is 0 Å². The predicted molar refractivity (Wildman–Crippen MR) is 229 cm³/mol. The minimum absolute atomic E-state index is 0.0246. The summed E-state index contributed by atoms with van der Waals surface area (Å²) in [5.74, 6) is 0.407. The van der Waals surface area contributed by atoms with Crippen LogP contribution < -0.4 is 36.3 Å². The number of anilines is 2. The topological polar surface area (TPSA) is 202 Å². The molecule has 0 radical (unpaired) electrons. The number of ether oxygens (including phenoxy) is 2. The van der Waals surface area contributed by atoms with Crippen molar-refractivity contribution in [3.05, 3.63) is 108 Å². The van der Waals surface area contributed by atoms with E-state index in [1.165, 1.54) is 11.1 Å². The Labute approximate surface area is 354 Å². The summed E-state index contributed by atoms with van der Waals surface area (Å²) in [4.78, 5) is 55.1. The second kappa shape index (κ2) is 20.7. The predicted octanol–water partition coefficient (Wildman–Crippen LogP) is 3.79. The van der Waals surface area contributed by atoms with E-state index in [2.05, 4.69) is 25.3 Å². The van der Waals surface area contributed by atoms with Crippen LogP contribution in [0.2, 0.25) is 5.15 Å². The smallest absolute Gasteiger partial charge is 0.279 e. The summed E-state index contributed by atoms with van der Waals surface area (Å²) in [5, 5.41) is 6.22. The molecule has 0 bridgehead atoms. The summed E-state index contributed by atoms with van der Waals surface area (Å²) in [5.41, 5.74) is 14.1. The second-order valence-electron chi connectivity index (χ2n) is 14.8. The molecule has 1 aliphatic rings. The standard InChI is InChI=1S/C42H53ClN12O5/c1-3-53(51-21-19-46-29-51)36(56)27-59-34-15-11-31(12-16-34)8-5-23-55(25-7-10-33(26-55)48-42(58)38-40(44)50-41(45)39(43)49-38)24-6-9-32-13-17-35(18-14-32)60-28-37(57)54(4-2)52-22-20-47-30-52/h11-22,29-30,33H,3-10,23-28H2,1-2H3,(H4-,44,45,48,50,58)/p+1. The van der Waals surface area contributed by atoms with Crippen LogP contribution in [0.1, 0.15) is 61.1 Å². The monoisotopic (exact) mass is 841 g/mol. The number of nitrogens with zero attached hydrogens (tertiary/aromatic N) is 9. The van der Waals surface area contributed by atoms with Gasteiger partial charge in [-0.3, -0.25) is 14.4 Å². The second-order valence-corrected chi connectivity index (χ2v) is 15.2. The number of nitrogens with one attached hydrogen (secondary N) is 1. The van der Waals surface area contributed by atoms with Crippen LogP contribution in [-0.2, 0) is 22.4 Å². The zero-order valence-electron chi connectivity index (χ0n) is 34.2. The van der Waals surface area contributed by atoms with Crippen molar-refractivity contribution in [2.75, 3.05) is 74.0 Å². The van der Waals surface area contributed by atoms with Gasteiger partial charge in [-0.15, -0.1) is 0 Å². The van der Waals surface area contributed by atoms with Crippen LogP contribution in [0.4, 0.5) is 11.6 Å². The molecule has 18 heteroatoms. The van der Waals surface area contributed by atoms with Gasteiger partial charge < -0.3 is 30.7 Å². The molecular weight excluding hydrogens is 788 g/mol. The lowest BCUT2D eigenvalue weighted by atomic mass is 9.99. The van der Waals surface area contributed by atoms with Gasteiger partial charge in [0.05, 0.1) is 32.2 Å². The molecule has 1 unspecified atom stereocenters. The Balaban J connectivity index is 1.05. The summed E-state index contributed by atoms with van der Waals surface area (Å²) in [6.07, 6.45) is 15.2. The van der Waals surface area contributed by atoms with Gasteiger partial charge >= 0.3 is 0 Å². The molecule has 318 valence electrons. The first-order chi connectivity index (χ1) is 29.1. The van der Waals surface area contributed by atoms with Crippen LogP contribution in [0.25, 0.3) is 0 Å². The number of nitrogens with two attached hydrogens (primary N) is 2. The van der Waals surface area contributed by atoms with E-state index in [4.69, 9.17) is 32.5 Å². The lowest BCUT2D eigenvalue weighted by Crippen LogP contribution is -2.60. The third-order valence-corrected chi connectivity index (χ3v) is 11.0. The number of quaternary nitrogens is 1. The molecule has 5 N–H and O–H groups in total. The van der Waals surface area contributed by atoms with E-state index >= 15 is 0 Å². The highest BCUT2D eigenvalue weighted by Crippen LogP contribution is 2.25. The number of piperidine rings is 1. The molecular formula is C42H54ClN12O5+. The Bertz CT molecular complexity index is 2040. The number of amides is 3. The van der Waals surface area contributed by atoms with Crippen LogP contribution in [0.5, 0.6) is 11.5 Å². The lowest BCUT2D eigenvalue weighted by molar-refractivity contribution is -0.933. The number of benzene rings is 2. The van der Waals surface area contributed by atoms with Crippen molar-refractivity contribution < 1.29 is 28.3 Å². The number of halogens is 1. The fraction of sp³-hybridized carbons (Fsp3) is 0.405. The van der Waals surface area contributed by atoms with E-state index < -0.39 is 5.91 Å². The maximum atomic E-state index is 13.4. The van der Waals surface area contributed by atoms with Gasteiger partial charge in [-0.05, 0) is 74.9 Å². The van der Waals surface area contributed by atoms with E-state index in [0.29, 0.717) is 24.6 Å². The first-order valence-corrected chi connectivity index (χ1v) is 20.7. The largest absolute Gasteiger partial charge is 0.484 e. The molecule has 1 fully saturated rings. The number of carbonyl (C=O) groups excluding carboxylic acids is 3. The summed E-state index contributed by atoms with van der Waals surface area (Å²) in [7, 11) is 0. The molecule has 3 aromatic heterocycles. The highest BCUT2D eigenvalue weighted by molar-refractivity contribution is 6.31. The number of hydrogen-bond donors (Lipinski definition) is 3. The van der Waals surface area contributed by atoms with Gasteiger partial charge in [0.1, 0.15) is 24.2 Å². The van der Waals surface area contributed by atoms with E-state index in [9.17, 15) is 14.4 Å². The Kier molecular flexibility index (Phi) is 14.9. The SMILES string of the molecule is CCN(C(=O)COc1ccc(CCC[N+]2(CCCc3ccc(OCC(=O)N(CC)n4ccnc4)cc3)CCCC(NC(=O)c3nc(Cl)c(N)nc3N)C2)cc1)n1ccnc1. The Morgan fingerprint density at radius 3 is 1.78 bits per heavy atom. The van der Waals surface area contributed by atoms with Crippen molar-refractivity contribution in [2.24, 2.45) is 0 Å². The number of likely N-dealkylation sites (tertiary alicyclic amines) is 1. The first-order valence-electron chi connectivity index (χ1n) is 20.3. The van der Waals surface area contributed by atoms with E-state index in [-0.39, 0.29) is 53.6 Å². The zero-order valence-corrected chi connectivity index (χ0v) is 34.9. The number of imidazole rings is 2. The van der Waals surface area contributed by atoms with Gasteiger partial charge in [0.2, 0.25) is 0 Å². The minimum Gasteiger partial charge on any atom is -0.484 e. The fourth-order valence-corrected chi connectivity index (χ4v) is 7.86. The van der Waals surface area contributed by atoms with Crippen LogP contribution in [-0.4, -0.2) is 110 Å². The number of nitrogen functional groups attached to an aromatic ring is 2. The molecule has 2 aromatic carbocycles. The van der Waals surface area contributed by atoms with Crippen molar-refractivity contribution in [3.63, 3.8) is 0 Å². The van der Waals surface area contributed by atoms with Crippen molar-refractivity contribution in [1.29, 1.82) is 0 Å². The Morgan fingerprint density at radius 1 is 0.800 bits per heavy atom. The first kappa shape index (κ1) is 43.4. The van der Waals surface area contributed by atoms with Gasteiger partial charge in [-0.25, -0.2) is 39.3 Å². The summed E-state index contributed by atoms with van der Waals surface area (Å²) < 4.78 is 15.8. The number of carbonyl (C=O) groups is 3. The average Bonchev–Trinajstić information content (AvgIpc) is 3.99. The molecule has 5 aromatic rings. The van der Waals surface area contributed by atoms with Crippen LogP contribution in [0, 0.1) is 0 Å². The highest BCUT2D eigenvalue weighted by Gasteiger charge is 2.36. The summed E-state index contributed by atoms with van der Waals surface area (Å²) in [6.45, 7) is 8.20. The molecule has 3 amide bonds. The molecule has 1 aliphatic heterocycles.